The summed E-state index contributed by atoms with van der Waals surface area (Å²) in [7, 11) is 1.66. The predicted octanol–water partition coefficient (Wildman–Crippen LogP) is 9.61. The molecule has 3 aliphatic rings. The molecule has 1 amide bonds. The van der Waals surface area contributed by atoms with Crippen LogP contribution in [0, 0.1) is 17.3 Å². The second-order valence-electron chi connectivity index (χ2n) is 14.6. The van der Waals surface area contributed by atoms with Gasteiger partial charge < -0.3 is 14.2 Å². The first kappa shape index (κ1) is 35.1. The Morgan fingerprint density at radius 3 is 2.52 bits per heavy atom. The number of fused-ring (bicyclic) bond motifs is 2. The van der Waals surface area contributed by atoms with E-state index in [1.54, 1.807) is 25.8 Å². The molecule has 1 heterocycles. The van der Waals surface area contributed by atoms with Crippen LogP contribution in [0.25, 0.3) is 0 Å². The van der Waals surface area contributed by atoms with Crippen LogP contribution < -0.4 is 14.4 Å². The van der Waals surface area contributed by atoms with Crippen molar-refractivity contribution in [2.45, 2.75) is 88.6 Å². The van der Waals surface area contributed by atoms with E-state index < -0.39 is 0 Å². The molecule has 0 aromatic heterocycles. The zero-order valence-electron chi connectivity index (χ0n) is 29.5. The summed E-state index contributed by atoms with van der Waals surface area (Å²) in [5.74, 6) is 3.09. The van der Waals surface area contributed by atoms with E-state index in [2.05, 4.69) is 69.9 Å². The van der Waals surface area contributed by atoms with E-state index in [1.165, 1.54) is 18.4 Å². The van der Waals surface area contributed by atoms with Crippen LogP contribution in [0.5, 0.6) is 11.5 Å². The second-order valence-corrected chi connectivity index (χ2v) is 16.1. The molecule has 3 aromatic rings. The summed E-state index contributed by atoms with van der Waals surface area (Å²) in [5, 5.41) is 0.375. The van der Waals surface area contributed by atoms with Crippen molar-refractivity contribution in [1.29, 1.82) is 0 Å². The highest BCUT2D eigenvalue weighted by Gasteiger charge is 2.77. The molecular weight excluding hydrogens is 640 g/mol. The molecule has 0 bridgehead atoms. The number of anilines is 1. The van der Waals surface area contributed by atoms with E-state index in [9.17, 15) is 4.79 Å². The number of ether oxygens (including phenoxy) is 3. The average Bonchev–Trinajstić information content (AvgIpc) is 3.33. The summed E-state index contributed by atoms with van der Waals surface area (Å²) in [6, 6.07) is 23.0. The number of amides is 1. The number of benzene rings is 3. The standard InChI is InChI=1S/C40H51ClN2O4S/c1-26(2)42(21-23-47-40-36(39(40,5)6)19-14-27(3)37(40)29-12-9-8-10-13-29)20-11-22-46-34-18-16-31(45-7)25-32(34)38-43(28(4)44)33-17-15-30(41)24-35(33)48-38/h8-10,12-13,15-18,24-27,36-38H,11,14,19-23H2,1-7H3. The molecular formula is C40H51ClN2O4S. The Kier molecular flexibility index (Phi) is 10.4. The minimum Gasteiger partial charge on any atom is -0.497 e. The Hall–Kier alpha value is -2.71. The molecule has 0 spiro atoms. The lowest BCUT2D eigenvalue weighted by Crippen LogP contribution is -2.41. The van der Waals surface area contributed by atoms with Crippen LogP contribution in [-0.4, -0.2) is 55.9 Å². The molecule has 0 saturated heterocycles. The summed E-state index contributed by atoms with van der Waals surface area (Å²) in [6.07, 6.45) is 3.39. The summed E-state index contributed by atoms with van der Waals surface area (Å²) in [6.45, 7) is 16.5. The Bertz CT molecular complexity index is 1600. The van der Waals surface area contributed by atoms with Gasteiger partial charge in [-0.25, -0.2) is 0 Å². The molecule has 258 valence electrons. The lowest BCUT2D eigenvalue weighted by Gasteiger charge is -2.39. The molecule has 3 aromatic carbocycles. The van der Waals surface area contributed by atoms with E-state index in [0.717, 1.165) is 53.8 Å². The van der Waals surface area contributed by atoms with Crippen molar-refractivity contribution >= 4 is 35.0 Å². The molecule has 2 saturated carbocycles. The molecule has 0 radical (unpaired) electrons. The number of carbonyl (C=O) groups excluding carboxylic acids is 1. The van der Waals surface area contributed by atoms with Gasteiger partial charge in [0.2, 0.25) is 5.91 Å². The summed E-state index contributed by atoms with van der Waals surface area (Å²) in [5.41, 5.74) is 3.27. The molecule has 5 atom stereocenters. The van der Waals surface area contributed by atoms with E-state index in [-0.39, 0.29) is 22.3 Å². The maximum absolute atomic E-state index is 12.9. The van der Waals surface area contributed by atoms with Crippen molar-refractivity contribution in [1.82, 2.24) is 4.90 Å². The number of thioether (sulfide) groups is 1. The maximum atomic E-state index is 12.9. The van der Waals surface area contributed by atoms with Gasteiger partial charge in [-0.2, -0.15) is 0 Å². The lowest BCUT2D eigenvalue weighted by atomic mass is 9.73. The third-order valence-electron chi connectivity index (χ3n) is 11.2. The minimum absolute atomic E-state index is 0.0321. The summed E-state index contributed by atoms with van der Waals surface area (Å²) >= 11 is 7.92. The van der Waals surface area contributed by atoms with Crippen LogP contribution in [0.2, 0.25) is 5.02 Å². The van der Waals surface area contributed by atoms with Gasteiger partial charge in [0, 0.05) is 52.9 Å². The summed E-state index contributed by atoms with van der Waals surface area (Å²) < 4.78 is 19.1. The highest BCUT2D eigenvalue weighted by atomic mass is 35.5. The third kappa shape index (κ3) is 6.48. The van der Waals surface area contributed by atoms with Crippen molar-refractivity contribution in [2.24, 2.45) is 17.3 Å². The molecule has 2 fully saturated rings. The topological polar surface area (TPSA) is 51.2 Å². The molecule has 1 aliphatic heterocycles. The number of hydrogen-bond donors (Lipinski definition) is 0. The first-order chi connectivity index (χ1) is 23.0. The fourth-order valence-corrected chi connectivity index (χ4v) is 10.3. The van der Waals surface area contributed by atoms with Gasteiger partial charge in [0.05, 0.1) is 31.6 Å². The van der Waals surface area contributed by atoms with Crippen LogP contribution in [0.15, 0.2) is 71.6 Å². The molecule has 8 heteroatoms. The SMILES string of the molecule is COc1ccc(OCCCN(CCOC23C(c4ccccc4)C(C)CCC2C3(C)C)C(C)C)c(C2Sc3cc(Cl)ccc3N2C(C)=O)c1. The number of halogens is 1. The number of carbonyl (C=O) groups is 1. The lowest BCUT2D eigenvalue weighted by molar-refractivity contribution is -0.116. The number of methoxy groups -OCH3 is 1. The van der Waals surface area contributed by atoms with Crippen molar-refractivity contribution in [3.05, 3.63) is 82.9 Å². The fraction of sp³-hybridized carbons (Fsp3) is 0.525. The van der Waals surface area contributed by atoms with Gasteiger partial charge >= 0.3 is 0 Å². The van der Waals surface area contributed by atoms with Crippen molar-refractivity contribution in [3.8, 4) is 11.5 Å². The fourth-order valence-electron chi connectivity index (χ4n) is 8.69. The molecule has 6 nitrogen and oxygen atoms in total. The van der Waals surface area contributed by atoms with Crippen molar-refractivity contribution < 1.29 is 19.0 Å². The van der Waals surface area contributed by atoms with Crippen molar-refractivity contribution in [3.63, 3.8) is 0 Å². The van der Waals surface area contributed by atoms with Crippen LogP contribution in [0.4, 0.5) is 5.69 Å². The second kappa shape index (κ2) is 14.3. The minimum atomic E-state index is -0.275. The van der Waals surface area contributed by atoms with Gasteiger partial charge in [0.15, 0.2) is 0 Å². The van der Waals surface area contributed by atoms with Gasteiger partial charge in [0.25, 0.3) is 0 Å². The van der Waals surface area contributed by atoms with Gasteiger partial charge in [-0.05, 0) is 86.9 Å². The highest BCUT2D eigenvalue weighted by Crippen LogP contribution is 2.75. The largest absolute Gasteiger partial charge is 0.497 e. The first-order valence-electron chi connectivity index (χ1n) is 17.5. The van der Waals surface area contributed by atoms with Crippen molar-refractivity contribution in [2.75, 3.05) is 38.3 Å². The molecule has 5 unspecified atom stereocenters. The zero-order chi connectivity index (χ0) is 34.2. The Labute approximate surface area is 296 Å². The smallest absolute Gasteiger partial charge is 0.225 e. The molecule has 2 aliphatic carbocycles. The molecule has 6 rings (SSSR count). The van der Waals surface area contributed by atoms with Crippen LogP contribution >= 0.6 is 23.4 Å². The third-order valence-corrected chi connectivity index (χ3v) is 12.7. The first-order valence-corrected chi connectivity index (χ1v) is 18.7. The van der Waals surface area contributed by atoms with Gasteiger partial charge in [-0.3, -0.25) is 14.6 Å². The normalized spacial score (nSPS) is 25.6. The monoisotopic (exact) mass is 690 g/mol. The quantitative estimate of drug-likeness (QED) is 0.167. The summed E-state index contributed by atoms with van der Waals surface area (Å²) in [4.78, 5) is 18.2. The van der Waals surface area contributed by atoms with E-state index in [4.69, 9.17) is 25.8 Å². The van der Waals surface area contributed by atoms with E-state index in [1.807, 2.05) is 41.3 Å². The van der Waals surface area contributed by atoms with Gasteiger partial charge in [0.1, 0.15) is 16.9 Å². The average molecular weight is 691 g/mol. The Balaban J connectivity index is 1.09. The zero-order valence-corrected chi connectivity index (χ0v) is 31.1. The van der Waals surface area contributed by atoms with Gasteiger partial charge in [-0.1, -0.05) is 74.5 Å². The van der Waals surface area contributed by atoms with Gasteiger partial charge in [-0.15, -0.1) is 0 Å². The Morgan fingerprint density at radius 1 is 1.04 bits per heavy atom. The number of rotatable bonds is 13. The van der Waals surface area contributed by atoms with Crippen LogP contribution in [0.1, 0.15) is 83.2 Å². The Morgan fingerprint density at radius 2 is 1.81 bits per heavy atom. The maximum Gasteiger partial charge on any atom is 0.225 e. The van der Waals surface area contributed by atoms with E-state index >= 15 is 0 Å². The van der Waals surface area contributed by atoms with Crippen LogP contribution in [-0.2, 0) is 9.53 Å². The molecule has 0 N–H and O–H groups in total. The highest BCUT2D eigenvalue weighted by molar-refractivity contribution is 8.00. The number of hydrogen-bond acceptors (Lipinski definition) is 6. The number of nitrogens with zero attached hydrogens (tertiary/aromatic N) is 2. The van der Waals surface area contributed by atoms with E-state index in [0.29, 0.717) is 35.4 Å². The molecule has 48 heavy (non-hydrogen) atoms. The van der Waals surface area contributed by atoms with Crippen LogP contribution in [0.3, 0.4) is 0 Å². The predicted molar refractivity (Wildman–Crippen MR) is 197 cm³/mol.